The molecule has 4 nitrogen and oxygen atoms in total. The largest absolute Gasteiger partial charge is 0.390 e. The Bertz CT molecular complexity index is 456. The zero-order valence-electron chi connectivity index (χ0n) is 12.9. The number of halogens is 1. The molecular weight excluding hydrogens is 288 g/mol. The highest BCUT2D eigenvalue weighted by molar-refractivity contribution is 6.31. The summed E-state index contributed by atoms with van der Waals surface area (Å²) in [6, 6.07) is 6.03. The van der Waals surface area contributed by atoms with Gasteiger partial charge in [-0.2, -0.15) is 0 Å². The van der Waals surface area contributed by atoms with E-state index in [2.05, 4.69) is 16.3 Å². The lowest BCUT2D eigenvalue weighted by molar-refractivity contribution is 0.0351. The molecule has 1 aliphatic heterocycles. The molecule has 21 heavy (non-hydrogen) atoms. The molecule has 5 heteroatoms. The van der Waals surface area contributed by atoms with Crippen LogP contribution in [0.5, 0.6) is 0 Å². The third-order valence-corrected chi connectivity index (χ3v) is 4.41. The summed E-state index contributed by atoms with van der Waals surface area (Å²) >= 11 is 6.37. The standard InChI is InChI=1S/C16H25ClN2O2/c1-16(20)6-9-19(10-7-16)15-5-3-4-14(17)13(15)12-18-8-11-21-2/h3-5,18,20H,6-12H2,1-2H3. The average Bonchev–Trinajstić information content (AvgIpc) is 2.45. The monoisotopic (exact) mass is 312 g/mol. The number of hydrogen-bond donors (Lipinski definition) is 2. The molecule has 0 bridgehead atoms. The molecule has 1 aromatic rings. The van der Waals surface area contributed by atoms with Crippen LogP contribution in [0.2, 0.25) is 5.02 Å². The fourth-order valence-corrected chi connectivity index (χ4v) is 2.87. The predicted molar refractivity (Wildman–Crippen MR) is 87.1 cm³/mol. The van der Waals surface area contributed by atoms with E-state index in [1.807, 2.05) is 19.1 Å². The van der Waals surface area contributed by atoms with Gasteiger partial charge in [0, 0.05) is 49.6 Å². The van der Waals surface area contributed by atoms with E-state index in [4.69, 9.17) is 16.3 Å². The SMILES string of the molecule is COCCNCc1c(Cl)cccc1N1CCC(C)(O)CC1. The Kier molecular flexibility index (Phi) is 5.88. The molecule has 2 rings (SSSR count). The normalized spacial score (nSPS) is 18.0. The molecule has 0 saturated carbocycles. The van der Waals surface area contributed by atoms with Gasteiger partial charge in [0.15, 0.2) is 0 Å². The predicted octanol–water partition coefficient (Wildman–Crippen LogP) is 2.43. The molecule has 1 aliphatic rings. The van der Waals surface area contributed by atoms with Crippen molar-refractivity contribution in [2.45, 2.75) is 31.9 Å². The number of nitrogens with zero attached hydrogens (tertiary/aromatic N) is 1. The first-order chi connectivity index (χ1) is 10.0. The van der Waals surface area contributed by atoms with E-state index in [0.717, 1.165) is 49.6 Å². The third-order valence-electron chi connectivity index (χ3n) is 4.06. The van der Waals surface area contributed by atoms with Crippen LogP contribution in [0, 0.1) is 0 Å². The van der Waals surface area contributed by atoms with Crippen molar-refractivity contribution in [1.29, 1.82) is 0 Å². The summed E-state index contributed by atoms with van der Waals surface area (Å²) in [4.78, 5) is 2.32. The molecule has 118 valence electrons. The Hall–Kier alpha value is -0.810. The van der Waals surface area contributed by atoms with Crippen LogP contribution in [0.1, 0.15) is 25.3 Å². The van der Waals surface area contributed by atoms with Gasteiger partial charge in [0.2, 0.25) is 0 Å². The number of nitrogens with one attached hydrogen (secondary N) is 1. The molecule has 0 atom stereocenters. The lowest BCUT2D eigenvalue weighted by Crippen LogP contribution is -2.43. The number of benzene rings is 1. The second-order valence-corrected chi connectivity index (χ2v) is 6.30. The lowest BCUT2D eigenvalue weighted by atomic mass is 9.93. The fraction of sp³-hybridized carbons (Fsp3) is 0.625. The first kappa shape index (κ1) is 16.6. The Morgan fingerprint density at radius 1 is 1.38 bits per heavy atom. The summed E-state index contributed by atoms with van der Waals surface area (Å²) in [6.07, 6.45) is 1.58. The highest BCUT2D eigenvalue weighted by atomic mass is 35.5. The van der Waals surface area contributed by atoms with Crippen LogP contribution in [0.15, 0.2) is 18.2 Å². The third kappa shape index (κ3) is 4.58. The van der Waals surface area contributed by atoms with Gasteiger partial charge in [-0.15, -0.1) is 0 Å². The molecule has 1 saturated heterocycles. The second kappa shape index (κ2) is 7.45. The van der Waals surface area contributed by atoms with Crippen LogP contribution in [0.4, 0.5) is 5.69 Å². The van der Waals surface area contributed by atoms with Crippen LogP contribution >= 0.6 is 11.6 Å². The van der Waals surface area contributed by atoms with E-state index in [9.17, 15) is 5.11 Å². The van der Waals surface area contributed by atoms with Crippen molar-refractivity contribution in [3.8, 4) is 0 Å². The summed E-state index contributed by atoms with van der Waals surface area (Å²) in [5.41, 5.74) is 1.76. The second-order valence-electron chi connectivity index (χ2n) is 5.89. The molecule has 0 aliphatic carbocycles. The minimum Gasteiger partial charge on any atom is -0.390 e. The highest BCUT2D eigenvalue weighted by Crippen LogP contribution is 2.31. The molecule has 0 amide bonds. The van der Waals surface area contributed by atoms with Gasteiger partial charge in [-0.1, -0.05) is 17.7 Å². The van der Waals surface area contributed by atoms with Crippen molar-refractivity contribution >= 4 is 17.3 Å². The lowest BCUT2D eigenvalue weighted by Gasteiger charge is -2.38. The highest BCUT2D eigenvalue weighted by Gasteiger charge is 2.28. The summed E-state index contributed by atoms with van der Waals surface area (Å²) in [5.74, 6) is 0. The van der Waals surface area contributed by atoms with Gasteiger partial charge in [0.1, 0.15) is 0 Å². The van der Waals surface area contributed by atoms with Crippen LogP contribution in [0.3, 0.4) is 0 Å². The number of piperidine rings is 1. The molecule has 1 aromatic carbocycles. The summed E-state index contributed by atoms with van der Waals surface area (Å²) in [7, 11) is 1.70. The molecule has 1 fully saturated rings. The van der Waals surface area contributed by atoms with Crippen molar-refractivity contribution in [1.82, 2.24) is 5.32 Å². The van der Waals surface area contributed by atoms with Gasteiger partial charge in [0.25, 0.3) is 0 Å². The van der Waals surface area contributed by atoms with Gasteiger partial charge in [-0.3, -0.25) is 0 Å². The first-order valence-corrected chi connectivity index (χ1v) is 7.86. The van der Waals surface area contributed by atoms with E-state index >= 15 is 0 Å². The van der Waals surface area contributed by atoms with Gasteiger partial charge in [-0.25, -0.2) is 0 Å². The number of hydrogen-bond acceptors (Lipinski definition) is 4. The topological polar surface area (TPSA) is 44.7 Å². The maximum absolute atomic E-state index is 10.1. The molecular formula is C16H25ClN2O2. The Morgan fingerprint density at radius 3 is 2.76 bits per heavy atom. The van der Waals surface area contributed by atoms with Crippen molar-refractivity contribution in [3.63, 3.8) is 0 Å². The van der Waals surface area contributed by atoms with Gasteiger partial charge in [-0.05, 0) is 31.9 Å². The zero-order valence-corrected chi connectivity index (χ0v) is 13.6. The number of ether oxygens (including phenoxy) is 1. The number of rotatable bonds is 6. The van der Waals surface area contributed by atoms with Gasteiger partial charge in [0.05, 0.1) is 12.2 Å². The van der Waals surface area contributed by atoms with E-state index in [-0.39, 0.29) is 0 Å². The van der Waals surface area contributed by atoms with Gasteiger partial charge >= 0.3 is 0 Å². The minimum absolute atomic E-state index is 0.536. The van der Waals surface area contributed by atoms with Crippen molar-refractivity contribution < 1.29 is 9.84 Å². The van der Waals surface area contributed by atoms with Crippen molar-refractivity contribution in [2.24, 2.45) is 0 Å². The summed E-state index contributed by atoms with van der Waals surface area (Å²) in [6.45, 7) is 5.85. The molecule has 0 spiro atoms. The Balaban J connectivity index is 2.06. The molecule has 1 heterocycles. The van der Waals surface area contributed by atoms with Crippen LogP contribution < -0.4 is 10.2 Å². The van der Waals surface area contributed by atoms with E-state index in [1.165, 1.54) is 5.69 Å². The maximum atomic E-state index is 10.1. The quantitative estimate of drug-likeness (QED) is 0.792. The smallest absolute Gasteiger partial charge is 0.0653 e. The van der Waals surface area contributed by atoms with E-state index in [0.29, 0.717) is 6.61 Å². The van der Waals surface area contributed by atoms with Crippen LogP contribution in [0.25, 0.3) is 0 Å². The molecule has 0 aromatic heterocycles. The average molecular weight is 313 g/mol. The summed E-state index contributed by atoms with van der Waals surface area (Å²) < 4.78 is 5.05. The number of anilines is 1. The molecule has 0 radical (unpaired) electrons. The summed E-state index contributed by atoms with van der Waals surface area (Å²) in [5, 5.41) is 14.2. The van der Waals surface area contributed by atoms with Crippen LogP contribution in [-0.4, -0.2) is 44.1 Å². The minimum atomic E-state index is -0.536. The molecule has 0 unspecified atom stereocenters. The molecule has 2 N–H and O–H groups in total. The van der Waals surface area contributed by atoms with Gasteiger partial charge < -0.3 is 20.1 Å². The van der Waals surface area contributed by atoms with Crippen molar-refractivity contribution in [3.05, 3.63) is 28.8 Å². The zero-order chi connectivity index (χ0) is 15.3. The van der Waals surface area contributed by atoms with Crippen LogP contribution in [-0.2, 0) is 11.3 Å². The first-order valence-electron chi connectivity index (χ1n) is 7.48. The van der Waals surface area contributed by atoms with E-state index < -0.39 is 5.60 Å². The van der Waals surface area contributed by atoms with E-state index in [1.54, 1.807) is 7.11 Å². The Morgan fingerprint density at radius 2 is 2.10 bits per heavy atom. The number of methoxy groups -OCH3 is 1. The Labute approximate surface area is 132 Å². The number of aliphatic hydroxyl groups is 1. The van der Waals surface area contributed by atoms with Crippen molar-refractivity contribution in [2.75, 3.05) is 38.3 Å². The fourth-order valence-electron chi connectivity index (χ4n) is 2.64. The maximum Gasteiger partial charge on any atom is 0.0653 e.